The van der Waals surface area contributed by atoms with Crippen molar-refractivity contribution in [3.05, 3.63) is 34.3 Å². The Hall–Kier alpha value is -0.380. The number of hydrogen-bond donors (Lipinski definition) is 1. The number of benzene rings is 1. The summed E-state index contributed by atoms with van der Waals surface area (Å²) in [5.41, 5.74) is 1.17. The fourth-order valence-corrected chi connectivity index (χ4v) is 3.54. The first-order valence-electron chi connectivity index (χ1n) is 7.14. The molecule has 0 aliphatic heterocycles. The van der Waals surface area contributed by atoms with Gasteiger partial charge in [-0.2, -0.15) is 0 Å². The van der Waals surface area contributed by atoms with Crippen molar-refractivity contribution in [2.24, 2.45) is 0 Å². The molecule has 1 saturated carbocycles. The highest BCUT2D eigenvalue weighted by atomic mass is 79.9. The SMILES string of the molecule is CN(C)C1(C(O)Cc2ccc(Br)cc2)CCCCC1. The van der Waals surface area contributed by atoms with E-state index in [4.69, 9.17) is 0 Å². The second-order valence-corrected chi connectivity index (χ2v) is 6.82. The predicted molar refractivity (Wildman–Crippen MR) is 83.4 cm³/mol. The van der Waals surface area contributed by atoms with Gasteiger partial charge in [0.25, 0.3) is 0 Å². The smallest absolute Gasteiger partial charge is 0.0763 e. The van der Waals surface area contributed by atoms with Gasteiger partial charge >= 0.3 is 0 Å². The molecule has 0 heterocycles. The zero-order chi connectivity index (χ0) is 13.9. The van der Waals surface area contributed by atoms with E-state index in [1.54, 1.807) is 0 Å². The standard InChI is InChI=1S/C16H24BrNO/c1-18(2)16(10-4-3-5-11-16)15(19)12-13-6-8-14(17)9-7-13/h6-9,15,19H,3-5,10-12H2,1-2H3. The predicted octanol–water partition coefficient (Wildman–Crippen LogP) is 3.62. The maximum absolute atomic E-state index is 10.8. The van der Waals surface area contributed by atoms with Gasteiger partial charge in [-0.15, -0.1) is 0 Å². The Kier molecular flexibility index (Phi) is 5.04. The van der Waals surface area contributed by atoms with Crippen molar-refractivity contribution in [3.63, 3.8) is 0 Å². The van der Waals surface area contributed by atoms with Crippen LogP contribution in [0.4, 0.5) is 0 Å². The maximum atomic E-state index is 10.8. The Balaban J connectivity index is 2.11. The lowest BCUT2D eigenvalue weighted by molar-refractivity contribution is -0.0310. The van der Waals surface area contributed by atoms with E-state index in [-0.39, 0.29) is 11.6 Å². The van der Waals surface area contributed by atoms with Crippen LogP contribution in [0.5, 0.6) is 0 Å². The van der Waals surface area contributed by atoms with Crippen LogP contribution in [0.25, 0.3) is 0 Å². The van der Waals surface area contributed by atoms with E-state index in [9.17, 15) is 5.11 Å². The second-order valence-electron chi connectivity index (χ2n) is 5.91. The number of rotatable bonds is 4. The molecule has 0 aromatic heterocycles. The van der Waals surface area contributed by atoms with Gasteiger partial charge in [0, 0.05) is 16.4 Å². The summed E-state index contributed by atoms with van der Waals surface area (Å²) in [5.74, 6) is 0. The third-order valence-electron chi connectivity index (χ3n) is 4.57. The van der Waals surface area contributed by atoms with Crippen LogP contribution in [0.15, 0.2) is 28.7 Å². The molecule has 106 valence electrons. The monoisotopic (exact) mass is 325 g/mol. The first-order chi connectivity index (χ1) is 9.04. The molecule has 1 unspecified atom stereocenters. The topological polar surface area (TPSA) is 23.5 Å². The summed E-state index contributed by atoms with van der Waals surface area (Å²) in [4.78, 5) is 2.25. The molecule has 19 heavy (non-hydrogen) atoms. The summed E-state index contributed by atoms with van der Waals surface area (Å²) in [6.07, 6.45) is 6.44. The van der Waals surface area contributed by atoms with Crippen LogP contribution in [-0.4, -0.2) is 35.7 Å². The average molecular weight is 326 g/mol. The number of hydrogen-bond acceptors (Lipinski definition) is 2. The van der Waals surface area contributed by atoms with E-state index in [0.717, 1.165) is 23.7 Å². The van der Waals surface area contributed by atoms with Crippen molar-refractivity contribution in [2.75, 3.05) is 14.1 Å². The zero-order valence-corrected chi connectivity index (χ0v) is 13.5. The molecule has 0 saturated heterocycles. The third kappa shape index (κ3) is 3.39. The zero-order valence-electron chi connectivity index (χ0n) is 11.9. The minimum Gasteiger partial charge on any atom is -0.391 e. The Bertz CT molecular complexity index is 396. The quantitative estimate of drug-likeness (QED) is 0.913. The highest BCUT2D eigenvalue weighted by Crippen LogP contribution is 2.36. The van der Waals surface area contributed by atoms with Crippen LogP contribution >= 0.6 is 15.9 Å². The molecule has 1 aromatic carbocycles. The summed E-state index contributed by atoms with van der Waals surface area (Å²) in [7, 11) is 4.21. The summed E-state index contributed by atoms with van der Waals surface area (Å²) in [6.45, 7) is 0. The van der Waals surface area contributed by atoms with Gasteiger partial charge in [0.15, 0.2) is 0 Å². The van der Waals surface area contributed by atoms with Crippen LogP contribution in [0.1, 0.15) is 37.7 Å². The number of aliphatic hydroxyl groups is 1. The molecule has 1 atom stereocenters. The van der Waals surface area contributed by atoms with Crippen LogP contribution in [-0.2, 0) is 6.42 Å². The van der Waals surface area contributed by atoms with Crippen molar-refractivity contribution in [3.8, 4) is 0 Å². The fraction of sp³-hybridized carbons (Fsp3) is 0.625. The number of aliphatic hydroxyl groups excluding tert-OH is 1. The van der Waals surface area contributed by atoms with Crippen molar-refractivity contribution < 1.29 is 5.11 Å². The van der Waals surface area contributed by atoms with Crippen molar-refractivity contribution in [2.45, 2.75) is 50.2 Å². The molecule has 0 spiro atoms. The molecule has 3 heteroatoms. The van der Waals surface area contributed by atoms with Gasteiger partial charge in [0.1, 0.15) is 0 Å². The number of likely N-dealkylation sites (N-methyl/N-ethyl adjacent to an activating group) is 1. The molecule has 0 amide bonds. The molecular weight excluding hydrogens is 302 g/mol. The Labute approximate surface area is 124 Å². The lowest BCUT2D eigenvalue weighted by Gasteiger charge is -2.46. The molecule has 1 N–H and O–H groups in total. The fourth-order valence-electron chi connectivity index (χ4n) is 3.28. The summed E-state index contributed by atoms with van der Waals surface area (Å²) >= 11 is 3.45. The molecule has 0 bridgehead atoms. The van der Waals surface area contributed by atoms with Gasteiger partial charge < -0.3 is 10.0 Å². The molecule has 2 nitrogen and oxygen atoms in total. The third-order valence-corrected chi connectivity index (χ3v) is 5.10. The summed E-state index contributed by atoms with van der Waals surface area (Å²) in [6, 6.07) is 8.29. The van der Waals surface area contributed by atoms with E-state index < -0.39 is 0 Å². The molecule has 2 rings (SSSR count). The first-order valence-corrected chi connectivity index (χ1v) is 7.94. The Morgan fingerprint density at radius 1 is 1.16 bits per heavy atom. The number of nitrogens with zero attached hydrogens (tertiary/aromatic N) is 1. The minimum atomic E-state index is -0.288. The lowest BCUT2D eigenvalue weighted by Crippen LogP contribution is -2.55. The van der Waals surface area contributed by atoms with Gasteiger partial charge in [-0.1, -0.05) is 47.3 Å². The molecule has 0 radical (unpaired) electrons. The Morgan fingerprint density at radius 2 is 1.74 bits per heavy atom. The van der Waals surface area contributed by atoms with E-state index >= 15 is 0 Å². The van der Waals surface area contributed by atoms with Crippen LogP contribution in [0, 0.1) is 0 Å². The highest BCUT2D eigenvalue weighted by molar-refractivity contribution is 9.10. The van der Waals surface area contributed by atoms with Gasteiger partial charge in [0.05, 0.1) is 6.10 Å². The molecular formula is C16H24BrNO. The van der Waals surface area contributed by atoms with Gasteiger partial charge in [-0.05, 0) is 44.6 Å². The Morgan fingerprint density at radius 3 is 2.26 bits per heavy atom. The molecule has 1 aliphatic carbocycles. The van der Waals surface area contributed by atoms with Gasteiger partial charge in [-0.25, -0.2) is 0 Å². The average Bonchev–Trinajstić information content (AvgIpc) is 2.42. The van der Waals surface area contributed by atoms with E-state index in [1.807, 2.05) is 12.1 Å². The van der Waals surface area contributed by atoms with Crippen LogP contribution in [0.3, 0.4) is 0 Å². The van der Waals surface area contributed by atoms with E-state index in [0.29, 0.717) is 0 Å². The highest BCUT2D eigenvalue weighted by Gasteiger charge is 2.40. The minimum absolute atomic E-state index is 0.0364. The largest absolute Gasteiger partial charge is 0.391 e. The molecule has 1 aliphatic rings. The van der Waals surface area contributed by atoms with Crippen molar-refractivity contribution in [1.82, 2.24) is 4.90 Å². The molecule has 1 fully saturated rings. The van der Waals surface area contributed by atoms with Crippen molar-refractivity contribution >= 4 is 15.9 Å². The molecule has 1 aromatic rings. The van der Waals surface area contributed by atoms with Gasteiger partial charge in [-0.3, -0.25) is 0 Å². The summed E-state index contributed by atoms with van der Waals surface area (Å²) in [5, 5.41) is 10.8. The van der Waals surface area contributed by atoms with Gasteiger partial charge in [0.2, 0.25) is 0 Å². The van der Waals surface area contributed by atoms with E-state index in [2.05, 4.69) is 47.1 Å². The van der Waals surface area contributed by atoms with Crippen molar-refractivity contribution in [1.29, 1.82) is 0 Å². The van der Waals surface area contributed by atoms with Crippen LogP contribution in [0.2, 0.25) is 0 Å². The van der Waals surface area contributed by atoms with Crippen LogP contribution < -0.4 is 0 Å². The summed E-state index contributed by atoms with van der Waals surface area (Å²) < 4.78 is 1.09. The normalized spacial score (nSPS) is 20.5. The maximum Gasteiger partial charge on any atom is 0.0763 e. The van der Waals surface area contributed by atoms with E-state index in [1.165, 1.54) is 24.8 Å². The lowest BCUT2D eigenvalue weighted by atomic mass is 9.75. The number of halogens is 1. The second kappa shape index (κ2) is 6.38. The first kappa shape index (κ1) is 15.0.